The molecule has 0 bridgehead atoms. The van der Waals surface area contributed by atoms with Gasteiger partial charge in [-0.15, -0.1) is 0 Å². The molecule has 1 aliphatic rings. The molecule has 19 heavy (non-hydrogen) atoms. The van der Waals surface area contributed by atoms with E-state index in [0.29, 0.717) is 6.42 Å². The highest BCUT2D eigenvalue weighted by molar-refractivity contribution is 5.98. The van der Waals surface area contributed by atoms with Crippen molar-refractivity contribution in [1.82, 2.24) is 0 Å². The van der Waals surface area contributed by atoms with Crippen molar-refractivity contribution in [2.24, 2.45) is 5.41 Å². The molecule has 0 N–H and O–H groups in total. The number of rotatable bonds is 2. The van der Waals surface area contributed by atoms with Gasteiger partial charge in [0.1, 0.15) is 0 Å². The van der Waals surface area contributed by atoms with E-state index in [1.165, 1.54) is 5.56 Å². The van der Waals surface area contributed by atoms with Crippen LogP contribution in [0.25, 0.3) is 10.9 Å². The predicted octanol–water partition coefficient (Wildman–Crippen LogP) is 4.18. The number of ketones is 1. The zero-order valence-electron chi connectivity index (χ0n) is 11.3. The van der Waals surface area contributed by atoms with Crippen molar-refractivity contribution in [3.8, 4) is 0 Å². The van der Waals surface area contributed by atoms with Gasteiger partial charge in [-0.25, -0.2) is 4.85 Å². The Morgan fingerprint density at radius 2 is 2.00 bits per heavy atom. The van der Waals surface area contributed by atoms with Gasteiger partial charge in [-0.2, -0.15) is 0 Å². The number of allylic oxidation sites excluding steroid dienone is 3. The van der Waals surface area contributed by atoms with Gasteiger partial charge in [0.15, 0.2) is 5.78 Å². The van der Waals surface area contributed by atoms with Crippen molar-refractivity contribution in [2.75, 3.05) is 0 Å². The highest BCUT2D eigenvalue weighted by Gasteiger charge is 2.27. The Morgan fingerprint density at radius 1 is 1.32 bits per heavy atom. The Balaban J connectivity index is 2.22. The first-order valence-corrected chi connectivity index (χ1v) is 6.42. The zero-order chi connectivity index (χ0) is 13.9. The molecule has 0 saturated carbocycles. The number of hydrogen-bond donors (Lipinski definition) is 0. The largest absolute Gasteiger partial charge is 0.308 e. The summed E-state index contributed by atoms with van der Waals surface area (Å²) in [7, 11) is 0. The van der Waals surface area contributed by atoms with E-state index in [9.17, 15) is 4.79 Å². The molecule has 1 aliphatic carbocycles. The quantitative estimate of drug-likeness (QED) is 0.722. The minimum absolute atomic E-state index is 0.0313. The van der Waals surface area contributed by atoms with E-state index in [1.54, 1.807) is 6.08 Å². The SMILES string of the molecule is [C-]#[N+]C1=C[C@](C)(/C=C/c2ccc(C)cc2)CCC1=O. The van der Waals surface area contributed by atoms with Gasteiger partial charge in [0.25, 0.3) is 0 Å². The van der Waals surface area contributed by atoms with Crippen molar-refractivity contribution in [2.45, 2.75) is 26.7 Å². The molecular weight excluding hydrogens is 234 g/mol. The van der Waals surface area contributed by atoms with E-state index in [2.05, 4.69) is 55.1 Å². The number of Topliss-reactive ketones (excluding diaryl/α,β-unsaturated/α-hetero) is 1. The molecular formula is C17H17NO. The summed E-state index contributed by atoms with van der Waals surface area (Å²) in [5.41, 5.74) is 2.46. The molecule has 0 saturated heterocycles. The lowest BCUT2D eigenvalue weighted by Gasteiger charge is -2.26. The van der Waals surface area contributed by atoms with Crippen LogP contribution in [-0.4, -0.2) is 5.78 Å². The molecule has 0 fully saturated rings. The number of aryl methyl sites for hydroxylation is 1. The molecule has 0 spiro atoms. The van der Waals surface area contributed by atoms with Crippen LogP contribution in [-0.2, 0) is 4.79 Å². The summed E-state index contributed by atoms with van der Waals surface area (Å²) in [5.74, 6) is -0.0313. The van der Waals surface area contributed by atoms with Crippen LogP contribution in [0.15, 0.2) is 42.1 Å². The average Bonchev–Trinajstić information content (AvgIpc) is 2.41. The molecule has 1 aromatic carbocycles. The summed E-state index contributed by atoms with van der Waals surface area (Å²) in [4.78, 5) is 14.8. The number of benzene rings is 1. The average molecular weight is 251 g/mol. The lowest BCUT2D eigenvalue weighted by atomic mass is 9.79. The van der Waals surface area contributed by atoms with Crippen LogP contribution in [0.2, 0.25) is 0 Å². The van der Waals surface area contributed by atoms with Gasteiger partial charge in [0.2, 0.25) is 5.70 Å². The minimum atomic E-state index is -0.196. The fourth-order valence-corrected chi connectivity index (χ4v) is 2.17. The maximum absolute atomic E-state index is 11.5. The molecule has 0 radical (unpaired) electrons. The highest BCUT2D eigenvalue weighted by atomic mass is 16.1. The van der Waals surface area contributed by atoms with E-state index < -0.39 is 0 Å². The van der Waals surface area contributed by atoms with Crippen molar-refractivity contribution < 1.29 is 4.79 Å². The second kappa shape index (κ2) is 5.24. The Labute approximate surface area is 114 Å². The standard InChI is InChI=1S/C17H17NO/c1-13-4-6-14(7-5-13)8-10-17(2)11-9-16(19)15(12-17)18-3/h4-8,10,12H,9,11H2,1-2H3/b10-8+/t17-/m1/s1. The number of nitrogens with zero attached hydrogens (tertiary/aromatic N) is 1. The molecule has 1 aromatic rings. The number of carbonyl (C=O) groups excluding carboxylic acids is 1. The first kappa shape index (κ1) is 13.3. The smallest absolute Gasteiger partial charge is 0.226 e. The van der Waals surface area contributed by atoms with Crippen LogP contribution in [0.4, 0.5) is 0 Å². The lowest BCUT2D eigenvalue weighted by Crippen LogP contribution is -2.19. The maximum atomic E-state index is 11.5. The topological polar surface area (TPSA) is 21.4 Å². The molecule has 2 rings (SSSR count). The van der Waals surface area contributed by atoms with Gasteiger partial charge < -0.3 is 4.79 Å². The van der Waals surface area contributed by atoms with Crippen molar-refractivity contribution in [3.63, 3.8) is 0 Å². The molecule has 96 valence electrons. The number of carbonyl (C=O) groups is 1. The Bertz CT molecular complexity index is 587. The van der Waals surface area contributed by atoms with E-state index >= 15 is 0 Å². The van der Waals surface area contributed by atoms with E-state index in [0.717, 1.165) is 12.0 Å². The fourth-order valence-electron chi connectivity index (χ4n) is 2.17. The van der Waals surface area contributed by atoms with E-state index in [-0.39, 0.29) is 16.9 Å². The summed E-state index contributed by atoms with van der Waals surface area (Å²) in [6, 6.07) is 8.30. The molecule has 2 heteroatoms. The summed E-state index contributed by atoms with van der Waals surface area (Å²) in [6.07, 6.45) is 7.19. The third-order valence-corrected chi connectivity index (χ3v) is 3.50. The molecule has 0 heterocycles. The van der Waals surface area contributed by atoms with Crippen LogP contribution in [0.3, 0.4) is 0 Å². The molecule has 0 amide bonds. The van der Waals surface area contributed by atoms with Crippen LogP contribution in [0, 0.1) is 18.9 Å². The predicted molar refractivity (Wildman–Crippen MR) is 77.2 cm³/mol. The van der Waals surface area contributed by atoms with Crippen LogP contribution < -0.4 is 0 Å². The zero-order valence-corrected chi connectivity index (χ0v) is 11.3. The van der Waals surface area contributed by atoms with Gasteiger partial charge in [-0.05, 0) is 24.3 Å². The molecule has 0 aliphatic heterocycles. The van der Waals surface area contributed by atoms with Crippen molar-refractivity contribution in [3.05, 3.63) is 64.7 Å². The Morgan fingerprint density at radius 3 is 2.63 bits per heavy atom. The van der Waals surface area contributed by atoms with Crippen LogP contribution in [0.1, 0.15) is 30.9 Å². The second-order valence-corrected chi connectivity index (χ2v) is 5.31. The lowest BCUT2D eigenvalue weighted by molar-refractivity contribution is -0.116. The third kappa shape index (κ3) is 3.20. The van der Waals surface area contributed by atoms with Gasteiger partial charge in [0.05, 0.1) is 6.57 Å². The first-order chi connectivity index (χ1) is 9.02. The second-order valence-electron chi connectivity index (χ2n) is 5.31. The molecule has 1 atom stereocenters. The normalized spacial score (nSPS) is 23.2. The Hall–Kier alpha value is -2.14. The fraction of sp³-hybridized carbons (Fsp3) is 0.294. The molecule has 0 aromatic heterocycles. The summed E-state index contributed by atoms with van der Waals surface area (Å²) >= 11 is 0. The van der Waals surface area contributed by atoms with Gasteiger partial charge >= 0.3 is 0 Å². The summed E-state index contributed by atoms with van der Waals surface area (Å²) in [5, 5.41) is 0. The van der Waals surface area contributed by atoms with Crippen LogP contribution >= 0.6 is 0 Å². The molecule has 2 nitrogen and oxygen atoms in total. The van der Waals surface area contributed by atoms with Gasteiger partial charge in [-0.3, -0.25) is 0 Å². The minimum Gasteiger partial charge on any atom is -0.308 e. The third-order valence-electron chi connectivity index (χ3n) is 3.50. The summed E-state index contributed by atoms with van der Waals surface area (Å²) < 4.78 is 0. The molecule has 0 unspecified atom stereocenters. The first-order valence-electron chi connectivity index (χ1n) is 6.42. The Kier molecular flexibility index (Phi) is 3.66. The summed E-state index contributed by atoms with van der Waals surface area (Å²) in [6.45, 7) is 11.2. The van der Waals surface area contributed by atoms with Crippen molar-refractivity contribution >= 4 is 11.9 Å². The van der Waals surface area contributed by atoms with Gasteiger partial charge in [-0.1, -0.05) is 55.0 Å². The van der Waals surface area contributed by atoms with E-state index in [4.69, 9.17) is 6.57 Å². The van der Waals surface area contributed by atoms with E-state index in [1.807, 2.05) is 0 Å². The van der Waals surface area contributed by atoms with Crippen LogP contribution in [0.5, 0.6) is 0 Å². The van der Waals surface area contributed by atoms with Crippen molar-refractivity contribution in [1.29, 1.82) is 0 Å². The van der Waals surface area contributed by atoms with Gasteiger partial charge in [0, 0.05) is 6.42 Å². The highest BCUT2D eigenvalue weighted by Crippen LogP contribution is 2.34. The number of hydrogen-bond acceptors (Lipinski definition) is 1. The maximum Gasteiger partial charge on any atom is 0.226 e. The monoisotopic (exact) mass is 251 g/mol.